The fraction of sp³-hybridized carbons (Fsp3) is 0.333. The molecular weight excluding hydrogens is 298 g/mol. The Bertz CT molecular complexity index is 690. The standard InChI is InChI=1S/C12H15N3O5S/c16-12(17)4-6-15-9-11(8-13-15)21(18,19)14-5-3-10-2-1-7-20-10/h1-2,7-9,14H,3-6H2,(H,16,17). The average Bonchev–Trinajstić information content (AvgIpc) is 3.07. The van der Waals surface area contributed by atoms with Crippen LogP contribution in [-0.2, 0) is 27.8 Å². The second-order valence-electron chi connectivity index (χ2n) is 4.31. The summed E-state index contributed by atoms with van der Waals surface area (Å²) in [6.45, 7) is 0.327. The predicted molar refractivity (Wildman–Crippen MR) is 72.1 cm³/mol. The Kier molecular flexibility index (Phi) is 4.76. The molecule has 0 saturated heterocycles. The van der Waals surface area contributed by atoms with E-state index in [1.165, 1.54) is 23.3 Å². The molecule has 21 heavy (non-hydrogen) atoms. The molecule has 0 radical (unpaired) electrons. The molecule has 0 aromatic carbocycles. The molecule has 2 rings (SSSR count). The number of hydrogen-bond acceptors (Lipinski definition) is 5. The van der Waals surface area contributed by atoms with Crippen LogP contribution in [0, 0.1) is 0 Å². The van der Waals surface area contributed by atoms with E-state index in [0.29, 0.717) is 12.2 Å². The number of furan rings is 1. The van der Waals surface area contributed by atoms with Gasteiger partial charge < -0.3 is 9.52 Å². The van der Waals surface area contributed by atoms with Crippen LogP contribution in [0.4, 0.5) is 0 Å². The highest BCUT2D eigenvalue weighted by Gasteiger charge is 2.16. The molecule has 0 aliphatic heterocycles. The maximum absolute atomic E-state index is 12.0. The summed E-state index contributed by atoms with van der Waals surface area (Å²) in [4.78, 5) is 10.5. The van der Waals surface area contributed by atoms with Crippen molar-refractivity contribution in [1.29, 1.82) is 0 Å². The number of aryl methyl sites for hydroxylation is 1. The first kappa shape index (κ1) is 15.3. The van der Waals surface area contributed by atoms with Crippen molar-refractivity contribution in [2.24, 2.45) is 0 Å². The van der Waals surface area contributed by atoms with E-state index in [1.807, 2.05) is 0 Å². The molecule has 0 aliphatic rings. The Morgan fingerprint density at radius 3 is 2.95 bits per heavy atom. The van der Waals surface area contributed by atoms with Crippen LogP contribution in [0.3, 0.4) is 0 Å². The number of nitrogens with one attached hydrogen (secondary N) is 1. The number of nitrogens with zero attached hydrogens (tertiary/aromatic N) is 2. The SMILES string of the molecule is O=C(O)CCn1cc(S(=O)(=O)NCCc2ccco2)cn1. The van der Waals surface area contributed by atoms with Crippen LogP contribution in [0.2, 0.25) is 0 Å². The molecule has 0 spiro atoms. The quantitative estimate of drug-likeness (QED) is 0.732. The van der Waals surface area contributed by atoms with Gasteiger partial charge in [0.25, 0.3) is 0 Å². The number of aromatic nitrogens is 2. The molecular formula is C12H15N3O5S. The lowest BCUT2D eigenvalue weighted by Gasteiger charge is -2.03. The van der Waals surface area contributed by atoms with Gasteiger partial charge in [0.15, 0.2) is 0 Å². The zero-order chi connectivity index (χ0) is 15.3. The molecule has 0 bridgehead atoms. The minimum Gasteiger partial charge on any atom is -0.481 e. The normalized spacial score (nSPS) is 11.6. The van der Waals surface area contributed by atoms with Crippen LogP contribution in [0.5, 0.6) is 0 Å². The smallest absolute Gasteiger partial charge is 0.305 e. The Morgan fingerprint density at radius 1 is 1.48 bits per heavy atom. The van der Waals surface area contributed by atoms with Crippen molar-refractivity contribution >= 4 is 16.0 Å². The van der Waals surface area contributed by atoms with Crippen LogP contribution >= 0.6 is 0 Å². The minimum atomic E-state index is -3.65. The molecule has 2 aromatic heterocycles. The highest BCUT2D eigenvalue weighted by molar-refractivity contribution is 7.89. The second kappa shape index (κ2) is 6.55. The third kappa shape index (κ3) is 4.43. The van der Waals surface area contributed by atoms with Crippen molar-refractivity contribution in [1.82, 2.24) is 14.5 Å². The van der Waals surface area contributed by atoms with Crippen molar-refractivity contribution in [2.75, 3.05) is 6.54 Å². The molecule has 0 unspecified atom stereocenters. The highest BCUT2D eigenvalue weighted by Crippen LogP contribution is 2.08. The third-order valence-corrected chi connectivity index (χ3v) is 4.13. The van der Waals surface area contributed by atoms with Crippen LogP contribution in [0.1, 0.15) is 12.2 Å². The Morgan fingerprint density at radius 2 is 2.29 bits per heavy atom. The summed E-state index contributed by atoms with van der Waals surface area (Å²) >= 11 is 0. The van der Waals surface area contributed by atoms with E-state index >= 15 is 0 Å². The van der Waals surface area contributed by atoms with E-state index in [4.69, 9.17) is 9.52 Å². The lowest BCUT2D eigenvalue weighted by molar-refractivity contribution is -0.137. The summed E-state index contributed by atoms with van der Waals surface area (Å²) in [5, 5.41) is 12.4. The summed E-state index contributed by atoms with van der Waals surface area (Å²) in [5.74, 6) is -0.277. The number of sulfonamides is 1. The van der Waals surface area contributed by atoms with Crippen LogP contribution in [0.15, 0.2) is 40.1 Å². The first-order chi connectivity index (χ1) is 9.97. The molecule has 0 amide bonds. The molecule has 2 heterocycles. The zero-order valence-corrected chi connectivity index (χ0v) is 11.9. The van der Waals surface area contributed by atoms with Gasteiger partial charge in [0.05, 0.1) is 25.4 Å². The van der Waals surface area contributed by atoms with Gasteiger partial charge in [0, 0.05) is 19.2 Å². The van der Waals surface area contributed by atoms with Crippen molar-refractivity contribution < 1.29 is 22.7 Å². The number of aliphatic carboxylic acids is 1. The number of hydrogen-bond donors (Lipinski definition) is 2. The second-order valence-corrected chi connectivity index (χ2v) is 6.08. The van der Waals surface area contributed by atoms with E-state index < -0.39 is 16.0 Å². The number of carboxylic acid groups (broad SMARTS) is 1. The minimum absolute atomic E-state index is 0.00679. The van der Waals surface area contributed by atoms with Crippen molar-refractivity contribution in [3.05, 3.63) is 36.5 Å². The van der Waals surface area contributed by atoms with Gasteiger partial charge in [-0.1, -0.05) is 0 Å². The van der Waals surface area contributed by atoms with Crippen molar-refractivity contribution in [2.45, 2.75) is 24.3 Å². The summed E-state index contributed by atoms with van der Waals surface area (Å²) in [7, 11) is -3.65. The van der Waals surface area contributed by atoms with Crippen LogP contribution in [-0.4, -0.2) is 35.8 Å². The summed E-state index contributed by atoms with van der Waals surface area (Å²) < 4.78 is 32.8. The molecule has 0 aliphatic carbocycles. The fourth-order valence-corrected chi connectivity index (χ4v) is 2.65. The fourth-order valence-electron chi connectivity index (χ4n) is 1.66. The highest BCUT2D eigenvalue weighted by atomic mass is 32.2. The molecule has 0 fully saturated rings. The summed E-state index contributed by atoms with van der Waals surface area (Å²) in [6.07, 6.45) is 4.35. The van der Waals surface area contributed by atoms with Gasteiger partial charge in [-0.05, 0) is 12.1 Å². The predicted octanol–water partition coefficient (Wildman–Crippen LogP) is 0.472. The van der Waals surface area contributed by atoms with Gasteiger partial charge in [0.1, 0.15) is 10.7 Å². The molecule has 0 atom stereocenters. The third-order valence-electron chi connectivity index (χ3n) is 2.72. The van der Waals surface area contributed by atoms with E-state index in [1.54, 1.807) is 12.1 Å². The summed E-state index contributed by atoms with van der Waals surface area (Å²) in [5.41, 5.74) is 0. The zero-order valence-electron chi connectivity index (χ0n) is 11.1. The lowest BCUT2D eigenvalue weighted by atomic mass is 10.3. The van der Waals surface area contributed by atoms with E-state index in [2.05, 4.69) is 9.82 Å². The van der Waals surface area contributed by atoms with E-state index in [-0.39, 0.29) is 24.4 Å². The van der Waals surface area contributed by atoms with Gasteiger partial charge in [-0.15, -0.1) is 0 Å². The van der Waals surface area contributed by atoms with Gasteiger partial charge in [0.2, 0.25) is 10.0 Å². The van der Waals surface area contributed by atoms with Crippen LogP contribution in [0.25, 0.3) is 0 Å². The van der Waals surface area contributed by atoms with Crippen LogP contribution < -0.4 is 4.72 Å². The first-order valence-corrected chi connectivity index (χ1v) is 7.72. The Balaban J connectivity index is 1.91. The summed E-state index contributed by atoms with van der Waals surface area (Å²) in [6, 6.07) is 3.49. The number of rotatable bonds is 8. The monoisotopic (exact) mass is 313 g/mol. The van der Waals surface area contributed by atoms with E-state index in [0.717, 1.165) is 0 Å². The van der Waals surface area contributed by atoms with Crippen molar-refractivity contribution in [3.63, 3.8) is 0 Å². The molecule has 9 heteroatoms. The Labute approximate surface area is 121 Å². The van der Waals surface area contributed by atoms with Gasteiger partial charge in [-0.2, -0.15) is 5.10 Å². The maximum atomic E-state index is 12.0. The molecule has 2 N–H and O–H groups in total. The maximum Gasteiger partial charge on any atom is 0.305 e. The first-order valence-electron chi connectivity index (χ1n) is 6.24. The Hall–Kier alpha value is -2.13. The van der Waals surface area contributed by atoms with Gasteiger partial charge >= 0.3 is 5.97 Å². The van der Waals surface area contributed by atoms with E-state index in [9.17, 15) is 13.2 Å². The molecule has 2 aromatic rings. The topological polar surface area (TPSA) is 114 Å². The van der Waals surface area contributed by atoms with Gasteiger partial charge in [-0.3, -0.25) is 9.48 Å². The molecule has 8 nitrogen and oxygen atoms in total. The lowest BCUT2D eigenvalue weighted by Crippen LogP contribution is -2.25. The number of carboxylic acids is 1. The average molecular weight is 313 g/mol. The molecule has 0 saturated carbocycles. The van der Waals surface area contributed by atoms with Gasteiger partial charge in [-0.25, -0.2) is 13.1 Å². The number of carbonyl (C=O) groups is 1. The largest absolute Gasteiger partial charge is 0.481 e. The van der Waals surface area contributed by atoms with Crippen molar-refractivity contribution in [3.8, 4) is 0 Å². The molecule has 114 valence electrons.